The van der Waals surface area contributed by atoms with Gasteiger partial charge in [0, 0.05) is 37.2 Å². The normalized spacial score (nSPS) is 18.8. The van der Waals surface area contributed by atoms with Crippen LogP contribution >= 0.6 is 39.9 Å². The molecule has 1 aromatic rings. The van der Waals surface area contributed by atoms with Crippen LogP contribution < -0.4 is 10.6 Å². The van der Waals surface area contributed by atoms with Gasteiger partial charge in [-0.2, -0.15) is 13.2 Å². The summed E-state index contributed by atoms with van der Waals surface area (Å²) in [5.41, 5.74) is 2.30. The Morgan fingerprint density at radius 2 is 2.12 bits per heavy atom. The van der Waals surface area contributed by atoms with Crippen LogP contribution in [0.3, 0.4) is 0 Å². The Kier molecular flexibility index (Phi) is 8.96. The van der Waals surface area contributed by atoms with Gasteiger partial charge >= 0.3 is 6.18 Å². The molecule has 1 aromatic carbocycles. The van der Waals surface area contributed by atoms with Gasteiger partial charge in [0.15, 0.2) is 5.96 Å². The number of alkyl halides is 3. The van der Waals surface area contributed by atoms with Crippen LogP contribution in [0, 0.1) is 6.92 Å². The number of nitrogens with one attached hydrogen (secondary N) is 2. The minimum absolute atomic E-state index is 0. The Balaban J connectivity index is 0.00000312. The predicted molar refractivity (Wildman–Crippen MR) is 109 cm³/mol. The molecule has 1 aliphatic rings. The third-order valence-corrected chi connectivity index (χ3v) is 4.48. The molecule has 2 rings (SSSR count). The second-order valence-electron chi connectivity index (χ2n) is 5.98. The van der Waals surface area contributed by atoms with E-state index < -0.39 is 12.7 Å². The van der Waals surface area contributed by atoms with Gasteiger partial charge in [0.1, 0.15) is 0 Å². The molecular formula is C16H23BrF3IN4. The van der Waals surface area contributed by atoms with Gasteiger partial charge in [0.2, 0.25) is 0 Å². The average molecular weight is 535 g/mol. The van der Waals surface area contributed by atoms with E-state index in [4.69, 9.17) is 0 Å². The molecule has 0 amide bonds. The van der Waals surface area contributed by atoms with E-state index in [1.807, 2.05) is 25.1 Å². The number of benzene rings is 1. The largest absolute Gasteiger partial charge is 0.401 e. The van der Waals surface area contributed by atoms with Crippen LogP contribution in [0.1, 0.15) is 17.5 Å². The highest BCUT2D eigenvalue weighted by Crippen LogP contribution is 2.20. The molecule has 1 saturated heterocycles. The van der Waals surface area contributed by atoms with Crippen LogP contribution in [0.2, 0.25) is 0 Å². The van der Waals surface area contributed by atoms with E-state index in [1.165, 1.54) is 4.90 Å². The van der Waals surface area contributed by atoms with E-state index in [-0.39, 0.29) is 30.0 Å². The summed E-state index contributed by atoms with van der Waals surface area (Å²) >= 11 is 3.43. The molecule has 0 aliphatic carbocycles. The van der Waals surface area contributed by atoms with Crippen molar-refractivity contribution in [2.24, 2.45) is 4.99 Å². The predicted octanol–water partition coefficient (Wildman–Crippen LogP) is 3.68. The number of likely N-dealkylation sites (tertiary alicyclic amines) is 1. The fourth-order valence-corrected chi connectivity index (χ4v) is 3.25. The van der Waals surface area contributed by atoms with Crippen LogP contribution in [0.4, 0.5) is 13.2 Å². The summed E-state index contributed by atoms with van der Waals surface area (Å²) in [5.74, 6) is 0.608. The van der Waals surface area contributed by atoms with Crippen molar-refractivity contribution in [2.75, 3.05) is 26.7 Å². The minimum Gasteiger partial charge on any atom is -0.352 e. The lowest BCUT2D eigenvalue weighted by molar-refractivity contribution is -0.143. The summed E-state index contributed by atoms with van der Waals surface area (Å²) in [5, 5.41) is 6.42. The van der Waals surface area contributed by atoms with Crippen LogP contribution in [0.15, 0.2) is 27.7 Å². The van der Waals surface area contributed by atoms with Crippen molar-refractivity contribution < 1.29 is 13.2 Å². The Hall–Kier alpha value is -0.550. The highest BCUT2D eigenvalue weighted by atomic mass is 127. The van der Waals surface area contributed by atoms with Crippen molar-refractivity contribution in [3.05, 3.63) is 33.8 Å². The zero-order valence-corrected chi connectivity index (χ0v) is 18.1. The molecule has 2 N–H and O–H groups in total. The Morgan fingerprint density at radius 1 is 1.40 bits per heavy atom. The lowest BCUT2D eigenvalue weighted by Gasteiger charge is -2.20. The van der Waals surface area contributed by atoms with Crippen molar-refractivity contribution in [2.45, 2.75) is 32.1 Å². The summed E-state index contributed by atoms with van der Waals surface area (Å²) in [4.78, 5) is 5.58. The number of aliphatic imine (C=N–C) groups is 1. The number of guanidine groups is 1. The van der Waals surface area contributed by atoms with E-state index in [1.54, 1.807) is 7.05 Å². The first-order chi connectivity index (χ1) is 11.3. The van der Waals surface area contributed by atoms with E-state index in [9.17, 15) is 13.2 Å². The molecule has 1 atom stereocenters. The highest BCUT2D eigenvalue weighted by molar-refractivity contribution is 14.0. The van der Waals surface area contributed by atoms with Gasteiger partial charge < -0.3 is 10.6 Å². The number of rotatable bonds is 4. The van der Waals surface area contributed by atoms with Crippen LogP contribution in [-0.2, 0) is 6.54 Å². The number of hydrogen-bond donors (Lipinski definition) is 2. The monoisotopic (exact) mass is 534 g/mol. The molecule has 0 bridgehead atoms. The molecule has 0 spiro atoms. The Bertz CT molecular complexity index is 595. The Morgan fingerprint density at radius 3 is 2.72 bits per heavy atom. The quantitative estimate of drug-likeness (QED) is 0.352. The van der Waals surface area contributed by atoms with Gasteiger partial charge in [-0.05, 0) is 36.6 Å². The zero-order valence-electron chi connectivity index (χ0n) is 14.2. The molecule has 0 aromatic heterocycles. The lowest BCUT2D eigenvalue weighted by atomic mass is 10.1. The van der Waals surface area contributed by atoms with Gasteiger partial charge in [0.25, 0.3) is 0 Å². The molecule has 4 nitrogen and oxygen atoms in total. The average Bonchev–Trinajstić information content (AvgIpc) is 2.89. The number of hydrogen-bond acceptors (Lipinski definition) is 2. The highest BCUT2D eigenvalue weighted by Gasteiger charge is 2.34. The van der Waals surface area contributed by atoms with Crippen LogP contribution in [-0.4, -0.2) is 49.8 Å². The van der Waals surface area contributed by atoms with Crippen molar-refractivity contribution in [1.29, 1.82) is 0 Å². The molecule has 1 unspecified atom stereocenters. The summed E-state index contributed by atoms with van der Waals surface area (Å²) < 4.78 is 38.3. The molecule has 142 valence electrons. The maximum Gasteiger partial charge on any atom is 0.401 e. The molecule has 1 heterocycles. The minimum atomic E-state index is -4.14. The standard InChI is InChI=1S/C16H22BrF3N4.HI/c1-11-7-13(17)4-3-12(11)8-22-15(21-2)23-14-5-6-24(9-14)10-16(18,19)20;/h3-4,7,14H,5-6,8-10H2,1-2H3,(H2,21,22,23);1H. The van der Waals surface area contributed by atoms with Gasteiger partial charge in [0.05, 0.1) is 6.54 Å². The third-order valence-electron chi connectivity index (χ3n) is 3.99. The summed E-state index contributed by atoms with van der Waals surface area (Å²) in [6.07, 6.45) is -3.47. The Labute approximate surface area is 171 Å². The topological polar surface area (TPSA) is 39.7 Å². The smallest absolute Gasteiger partial charge is 0.352 e. The molecule has 0 radical (unpaired) electrons. The molecule has 0 saturated carbocycles. The van der Waals surface area contributed by atoms with Gasteiger partial charge in [-0.25, -0.2) is 0 Å². The lowest BCUT2D eigenvalue weighted by Crippen LogP contribution is -2.45. The van der Waals surface area contributed by atoms with Crippen molar-refractivity contribution in [3.8, 4) is 0 Å². The first-order valence-electron chi connectivity index (χ1n) is 7.78. The SMILES string of the molecule is CN=C(NCc1ccc(Br)cc1C)NC1CCN(CC(F)(F)F)C1.I. The van der Waals surface area contributed by atoms with Crippen LogP contribution in [0.25, 0.3) is 0 Å². The van der Waals surface area contributed by atoms with E-state index >= 15 is 0 Å². The first-order valence-corrected chi connectivity index (χ1v) is 8.57. The number of nitrogens with zero attached hydrogens (tertiary/aromatic N) is 2. The second-order valence-corrected chi connectivity index (χ2v) is 6.89. The molecule has 1 aliphatic heterocycles. The maximum atomic E-state index is 12.4. The van der Waals surface area contributed by atoms with E-state index in [2.05, 4.69) is 31.6 Å². The van der Waals surface area contributed by atoms with Gasteiger partial charge in [-0.1, -0.05) is 22.0 Å². The summed E-state index contributed by atoms with van der Waals surface area (Å²) in [6, 6.07) is 6.02. The fourth-order valence-electron chi connectivity index (χ4n) is 2.77. The summed E-state index contributed by atoms with van der Waals surface area (Å²) in [6.45, 7) is 2.61. The van der Waals surface area contributed by atoms with Crippen molar-refractivity contribution in [1.82, 2.24) is 15.5 Å². The summed E-state index contributed by atoms with van der Waals surface area (Å²) in [7, 11) is 1.66. The molecule has 1 fully saturated rings. The van der Waals surface area contributed by atoms with Gasteiger partial charge in [-0.15, -0.1) is 24.0 Å². The number of aryl methyl sites for hydroxylation is 1. The fraction of sp³-hybridized carbons (Fsp3) is 0.562. The molecule has 9 heteroatoms. The van der Waals surface area contributed by atoms with Gasteiger partial charge in [-0.3, -0.25) is 9.89 Å². The second kappa shape index (κ2) is 9.96. The number of halogens is 5. The first kappa shape index (κ1) is 22.5. The van der Waals surface area contributed by atoms with E-state index in [0.29, 0.717) is 32.0 Å². The third kappa shape index (κ3) is 7.69. The van der Waals surface area contributed by atoms with E-state index in [0.717, 1.165) is 15.6 Å². The zero-order chi connectivity index (χ0) is 17.7. The maximum absolute atomic E-state index is 12.4. The van der Waals surface area contributed by atoms with Crippen molar-refractivity contribution >= 4 is 45.9 Å². The molecular weight excluding hydrogens is 512 g/mol. The van der Waals surface area contributed by atoms with Crippen molar-refractivity contribution in [3.63, 3.8) is 0 Å². The molecule has 25 heavy (non-hydrogen) atoms. The van der Waals surface area contributed by atoms with Crippen LogP contribution in [0.5, 0.6) is 0 Å².